The van der Waals surface area contributed by atoms with Gasteiger partial charge in [-0.1, -0.05) is 30.3 Å². The highest BCUT2D eigenvalue weighted by molar-refractivity contribution is 8.00. The number of amides is 1. The van der Waals surface area contributed by atoms with Gasteiger partial charge in [-0.25, -0.2) is 0 Å². The van der Waals surface area contributed by atoms with Crippen LogP contribution in [0.15, 0.2) is 47.4 Å². The number of likely N-dealkylation sites (tertiary alicyclic amines) is 1. The van der Waals surface area contributed by atoms with Gasteiger partial charge in [0.1, 0.15) is 0 Å². The van der Waals surface area contributed by atoms with Gasteiger partial charge in [-0.3, -0.25) is 9.59 Å². The van der Waals surface area contributed by atoms with Crippen molar-refractivity contribution in [3.05, 3.63) is 42.5 Å². The minimum atomic E-state index is -0.824. The molecule has 23 heavy (non-hydrogen) atoms. The van der Waals surface area contributed by atoms with Gasteiger partial charge in [0.15, 0.2) is 0 Å². The molecule has 0 saturated carbocycles. The van der Waals surface area contributed by atoms with Crippen LogP contribution in [0.4, 0.5) is 0 Å². The van der Waals surface area contributed by atoms with Gasteiger partial charge in [0.05, 0.1) is 11.2 Å². The molecule has 1 atom stereocenters. The molecule has 120 valence electrons. The van der Waals surface area contributed by atoms with Crippen LogP contribution in [0.3, 0.4) is 0 Å². The van der Waals surface area contributed by atoms with Gasteiger partial charge in [0.25, 0.3) is 0 Å². The Morgan fingerprint density at radius 2 is 1.96 bits per heavy atom. The molecule has 2 aromatic carbocycles. The first kappa shape index (κ1) is 15.9. The van der Waals surface area contributed by atoms with Crippen LogP contribution in [0.25, 0.3) is 10.8 Å². The molecular formula is C18H19NO3S. The van der Waals surface area contributed by atoms with E-state index in [1.165, 1.54) is 17.1 Å². The van der Waals surface area contributed by atoms with Crippen molar-refractivity contribution < 1.29 is 14.7 Å². The molecule has 1 aliphatic rings. The second-order valence-corrected chi connectivity index (χ2v) is 7.28. The third kappa shape index (κ3) is 3.34. The Hall–Kier alpha value is -2.01. The first-order valence-electron chi connectivity index (χ1n) is 7.61. The summed E-state index contributed by atoms with van der Waals surface area (Å²) in [6, 6.07) is 14.3. The minimum absolute atomic E-state index is 0.00753. The molecule has 2 aromatic rings. The fraction of sp³-hybridized carbons (Fsp3) is 0.333. The first-order valence-corrected chi connectivity index (χ1v) is 8.59. The van der Waals surface area contributed by atoms with Crippen molar-refractivity contribution in [1.82, 2.24) is 4.90 Å². The summed E-state index contributed by atoms with van der Waals surface area (Å²) in [6.07, 6.45) is 0.523. The average Bonchev–Trinajstić information content (AvgIpc) is 2.96. The summed E-state index contributed by atoms with van der Waals surface area (Å²) in [7, 11) is 0. The summed E-state index contributed by atoms with van der Waals surface area (Å²) in [6.45, 7) is 2.54. The molecule has 5 heteroatoms. The molecule has 3 rings (SSSR count). The maximum absolute atomic E-state index is 12.3. The largest absolute Gasteiger partial charge is 0.481 e. The number of nitrogens with zero attached hydrogens (tertiary/aromatic N) is 1. The first-order chi connectivity index (χ1) is 11.0. The Kier molecular flexibility index (Phi) is 4.31. The number of aliphatic carboxylic acids is 1. The number of thioether (sulfide) groups is 1. The fourth-order valence-corrected chi connectivity index (χ4v) is 3.69. The summed E-state index contributed by atoms with van der Waals surface area (Å²) in [5.74, 6) is -0.475. The number of carbonyl (C=O) groups excluding carboxylic acids is 1. The quantitative estimate of drug-likeness (QED) is 0.875. The van der Waals surface area contributed by atoms with E-state index in [0.29, 0.717) is 25.3 Å². The molecule has 1 N–H and O–H groups in total. The minimum Gasteiger partial charge on any atom is -0.481 e. The number of benzene rings is 2. The zero-order valence-electron chi connectivity index (χ0n) is 13.0. The van der Waals surface area contributed by atoms with Crippen LogP contribution in [-0.4, -0.2) is 40.7 Å². The molecule has 0 bridgehead atoms. The van der Waals surface area contributed by atoms with Gasteiger partial charge >= 0.3 is 5.97 Å². The zero-order valence-corrected chi connectivity index (χ0v) is 13.8. The Morgan fingerprint density at radius 3 is 2.65 bits per heavy atom. The van der Waals surface area contributed by atoms with Crippen molar-refractivity contribution in [2.45, 2.75) is 18.2 Å². The van der Waals surface area contributed by atoms with E-state index in [4.69, 9.17) is 0 Å². The third-order valence-electron chi connectivity index (χ3n) is 4.43. The van der Waals surface area contributed by atoms with Gasteiger partial charge in [-0.15, -0.1) is 11.8 Å². The van der Waals surface area contributed by atoms with Crippen molar-refractivity contribution in [3.8, 4) is 0 Å². The summed E-state index contributed by atoms with van der Waals surface area (Å²) in [5, 5.41) is 11.6. The number of hydrogen-bond acceptors (Lipinski definition) is 3. The molecule has 1 heterocycles. The smallest absolute Gasteiger partial charge is 0.311 e. The molecule has 1 fully saturated rings. The van der Waals surface area contributed by atoms with E-state index in [9.17, 15) is 14.7 Å². The topological polar surface area (TPSA) is 57.6 Å². The summed E-state index contributed by atoms with van der Waals surface area (Å²) in [4.78, 5) is 26.3. The van der Waals surface area contributed by atoms with E-state index in [1.54, 1.807) is 11.8 Å². The second-order valence-electron chi connectivity index (χ2n) is 6.23. The lowest BCUT2D eigenvalue weighted by Gasteiger charge is -2.20. The molecule has 0 aromatic heterocycles. The number of carboxylic acid groups (broad SMARTS) is 1. The molecule has 1 amide bonds. The molecule has 1 aliphatic heterocycles. The van der Waals surface area contributed by atoms with Crippen molar-refractivity contribution >= 4 is 34.4 Å². The predicted octanol–water partition coefficient (Wildman–Crippen LogP) is 3.26. The van der Waals surface area contributed by atoms with E-state index in [-0.39, 0.29) is 5.91 Å². The Labute approximate surface area is 139 Å². The van der Waals surface area contributed by atoms with Crippen LogP contribution in [0.5, 0.6) is 0 Å². The van der Waals surface area contributed by atoms with Crippen LogP contribution in [-0.2, 0) is 9.59 Å². The Balaban J connectivity index is 1.61. The Morgan fingerprint density at radius 1 is 1.22 bits per heavy atom. The molecule has 0 spiro atoms. The lowest BCUT2D eigenvalue weighted by molar-refractivity contribution is -0.147. The summed E-state index contributed by atoms with van der Waals surface area (Å²) >= 11 is 1.50. The lowest BCUT2D eigenvalue weighted by atomic mass is 9.90. The van der Waals surface area contributed by atoms with E-state index in [2.05, 4.69) is 24.3 Å². The number of rotatable bonds is 4. The van der Waals surface area contributed by atoms with Crippen LogP contribution in [0.1, 0.15) is 13.3 Å². The molecule has 4 nitrogen and oxygen atoms in total. The highest BCUT2D eigenvalue weighted by atomic mass is 32.2. The van der Waals surface area contributed by atoms with Gasteiger partial charge in [0.2, 0.25) is 5.91 Å². The van der Waals surface area contributed by atoms with Crippen molar-refractivity contribution in [3.63, 3.8) is 0 Å². The van der Waals surface area contributed by atoms with Crippen LogP contribution >= 0.6 is 11.8 Å². The van der Waals surface area contributed by atoms with E-state index in [0.717, 1.165) is 10.3 Å². The monoisotopic (exact) mass is 329 g/mol. The number of hydrogen-bond donors (Lipinski definition) is 1. The zero-order chi connectivity index (χ0) is 16.4. The lowest BCUT2D eigenvalue weighted by Crippen LogP contribution is -2.35. The van der Waals surface area contributed by atoms with Crippen LogP contribution in [0, 0.1) is 5.41 Å². The van der Waals surface area contributed by atoms with E-state index < -0.39 is 11.4 Å². The SMILES string of the molecule is CC1(C(=O)O)CCN(C(=O)CSc2ccc3ccccc3c2)C1. The van der Waals surface area contributed by atoms with E-state index >= 15 is 0 Å². The van der Waals surface area contributed by atoms with Gasteiger partial charge in [0, 0.05) is 18.0 Å². The molecule has 0 aliphatic carbocycles. The second kappa shape index (κ2) is 6.24. The highest BCUT2D eigenvalue weighted by Gasteiger charge is 2.41. The normalized spacial score (nSPS) is 20.8. The molecule has 1 saturated heterocycles. The van der Waals surface area contributed by atoms with Crippen molar-refractivity contribution in [2.75, 3.05) is 18.8 Å². The molecular weight excluding hydrogens is 310 g/mol. The summed E-state index contributed by atoms with van der Waals surface area (Å²) < 4.78 is 0. The Bertz CT molecular complexity index is 761. The number of fused-ring (bicyclic) bond motifs is 1. The van der Waals surface area contributed by atoms with Crippen LogP contribution < -0.4 is 0 Å². The predicted molar refractivity (Wildman–Crippen MR) is 91.6 cm³/mol. The van der Waals surface area contributed by atoms with Crippen molar-refractivity contribution in [1.29, 1.82) is 0 Å². The number of carbonyl (C=O) groups is 2. The maximum atomic E-state index is 12.3. The van der Waals surface area contributed by atoms with Crippen LogP contribution in [0.2, 0.25) is 0 Å². The van der Waals surface area contributed by atoms with E-state index in [1.807, 2.05) is 18.2 Å². The maximum Gasteiger partial charge on any atom is 0.311 e. The van der Waals surface area contributed by atoms with Crippen molar-refractivity contribution in [2.24, 2.45) is 5.41 Å². The van der Waals surface area contributed by atoms with Gasteiger partial charge < -0.3 is 10.0 Å². The fourth-order valence-electron chi connectivity index (χ4n) is 2.84. The average molecular weight is 329 g/mol. The van der Waals surface area contributed by atoms with Gasteiger partial charge in [-0.2, -0.15) is 0 Å². The molecule has 1 unspecified atom stereocenters. The van der Waals surface area contributed by atoms with Gasteiger partial charge in [-0.05, 0) is 36.2 Å². The molecule has 0 radical (unpaired) electrons. The highest BCUT2D eigenvalue weighted by Crippen LogP contribution is 2.31. The third-order valence-corrected chi connectivity index (χ3v) is 5.40. The number of carboxylic acids is 1. The standard InChI is InChI=1S/C18H19NO3S/c1-18(17(21)22)8-9-19(12-18)16(20)11-23-15-7-6-13-4-2-3-5-14(13)10-15/h2-7,10H,8-9,11-12H2,1H3,(H,21,22). The summed E-state index contributed by atoms with van der Waals surface area (Å²) in [5.41, 5.74) is -0.802.